The lowest BCUT2D eigenvalue weighted by Gasteiger charge is -2.35. The van der Waals surface area contributed by atoms with Gasteiger partial charge in [-0.3, -0.25) is 4.79 Å². The highest BCUT2D eigenvalue weighted by atomic mass is 19.4. The van der Waals surface area contributed by atoms with Crippen LogP contribution in [-0.2, 0) is 36.6 Å². The average molecular weight is 621 g/mol. The topological polar surface area (TPSA) is 87.2 Å². The Morgan fingerprint density at radius 2 is 1.86 bits per heavy atom. The van der Waals surface area contributed by atoms with Gasteiger partial charge >= 0.3 is 12.1 Å². The van der Waals surface area contributed by atoms with Crippen molar-refractivity contribution in [3.8, 4) is 5.88 Å². The molecule has 8 nitrogen and oxygen atoms in total. The lowest BCUT2D eigenvalue weighted by atomic mass is 9.73. The van der Waals surface area contributed by atoms with E-state index in [0.717, 1.165) is 23.4 Å². The number of hydrogen-bond acceptors (Lipinski definition) is 7. The molecule has 0 saturated carbocycles. The van der Waals surface area contributed by atoms with E-state index in [1.165, 1.54) is 7.11 Å². The van der Waals surface area contributed by atoms with Crippen LogP contribution in [0.4, 0.5) is 13.2 Å². The molecule has 1 aromatic carbocycles. The van der Waals surface area contributed by atoms with Gasteiger partial charge in [-0.1, -0.05) is 58.9 Å². The molecule has 11 heteroatoms. The number of alkyl halides is 3. The van der Waals surface area contributed by atoms with E-state index >= 15 is 0 Å². The Balaban J connectivity index is 1.91. The highest BCUT2D eigenvalue weighted by molar-refractivity contribution is 5.88. The summed E-state index contributed by atoms with van der Waals surface area (Å²) in [6.45, 7) is 12.2. The molecule has 5 atom stereocenters. The zero-order valence-corrected chi connectivity index (χ0v) is 26.4. The van der Waals surface area contributed by atoms with E-state index in [4.69, 9.17) is 18.9 Å². The molecule has 2 aromatic rings. The van der Waals surface area contributed by atoms with Crippen molar-refractivity contribution in [1.82, 2.24) is 9.88 Å². The summed E-state index contributed by atoms with van der Waals surface area (Å²) in [6.07, 6.45) is -4.18. The van der Waals surface area contributed by atoms with Crippen molar-refractivity contribution in [3.05, 3.63) is 58.8 Å². The molecular formula is C33H43F3N2O6. The van der Waals surface area contributed by atoms with Crippen LogP contribution in [0.1, 0.15) is 82.2 Å². The smallest absolute Gasteiger partial charge is 0.417 e. The Bertz CT molecular complexity index is 1320. The van der Waals surface area contributed by atoms with Gasteiger partial charge in [0.2, 0.25) is 11.8 Å². The monoisotopic (exact) mass is 620 g/mol. The van der Waals surface area contributed by atoms with E-state index in [-0.39, 0.29) is 43.1 Å². The Morgan fingerprint density at radius 1 is 1.16 bits per heavy atom. The number of likely N-dealkylation sites (tertiary alicyclic amines) is 1. The minimum atomic E-state index is -4.62. The van der Waals surface area contributed by atoms with Crippen molar-refractivity contribution in [2.75, 3.05) is 26.9 Å². The van der Waals surface area contributed by atoms with Gasteiger partial charge in [0.25, 0.3) is 0 Å². The number of pyridine rings is 1. The standard InChI is InChI=1S/C33H43F3N2O6/c1-8-43-31(40)27-25(32(4,5)6)28(44-18-21-15-22(33(34,35)36)16-37-29(21)41-7)26(24-12-10-9-11-23(24)19(2)3)38(27)30(39)20-13-14-42-17-20/h9-12,15-16,19-20,25-28H,8,13-14,17-18H2,1-7H3/t20-,25-,26+,27+,28+/m1/s1. The molecule has 0 bridgehead atoms. The Morgan fingerprint density at radius 3 is 2.43 bits per heavy atom. The molecule has 0 N–H and O–H groups in total. The summed E-state index contributed by atoms with van der Waals surface area (Å²) in [5.74, 6) is -1.74. The maximum Gasteiger partial charge on any atom is 0.417 e. The molecule has 242 valence electrons. The molecule has 44 heavy (non-hydrogen) atoms. The molecule has 0 unspecified atom stereocenters. The second-order valence-corrected chi connectivity index (χ2v) is 12.8. The maximum absolute atomic E-state index is 14.4. The number of halogens is 3. The number of aromatic nitrogens is 1. The van der Waals surface area contributed by atoms with E-state index in [1.807, 2.05) is 58.9 Å². The predicted octanol–water partition coefficient (Wildman–Crippen LogP) is 6.33. The van der Waals surface area contributed by atoms with Gasteiger partial charge in [-0.15, -0.1) is 0 Å². The van der Waals surface area contributed by atoms with Crippen LogP contribution in [-0.4, -0.2) is 60.8 Å². The van der Waals surface area contributed by atoms with E-state index < -0.39 is 53.1 Å². The molecule has 2 aliphatic rings. The fourth-order valence-electron chi connectivity index (χ4n) is 6.50. The fourth-order valence-corrected chi connectivity index (χ4v) is 6.50. The number of nitrogens with zero attached hydrogens (tertiary/aromatic N) is 2. The van der Waals surface area contributed by atoms with Crippen LogP contribution >= 0.6 is 0 Å². The third-order valence-electron chi connectivity index (χ3n) is 8.48. The molecule has 0 radical (unpaired) electrons. The minimum absolute atomic E-state index is 0.000385. The lowest BCUT2D eigenvalue weighted by Crippen LogP contribution is -2.49. The summed E-state index contributed by atoms with van der Waals surface area (Å²) >= 11 is 0. The summed E-state index contributed by atoms with van der Waals surface area (Å²) in [6, 6.07) is 6.95. The maximum atomic E-state index is 14.4. The largest absolute Gasteiger partial charge is 0.481 e. The van der Waals surface area contributed by atoms with Crippen molar-refractivity contribution in [3.63, 3.8) is 0 Å². The molecule has 1 aromatic heterocycles. The molecule has 1 amide bonds. The highest BCUT2D eigenvalue weighted by Gasteiger charge is 2.60. The third kappa shape index (κ3) is 6.88. The fraction of sp³-hybridized carbons (Fsp3) is 0.606. The summed E-state index contributed by atoms with van der Waals surface area (Å²) in [5.41, 5.74) is 0.370. The van der Waals surface area contributed by atoms with Crippen molar-refractivity contribution in [2.24, 2.45) is 17.3 Å². The summed E-state index contributed by atoms with van der Waals surface area (Å²) in [7, 11) is 1.33. The van der Waals surface area contributed by atoms with Crippen LogP contribution in [0.25, 0.3) is 0 Å². The van der Waals surface area contributed by atoms with Crippen LogP contribution in [0, 0.1) is 17.3 Å². The first-order valence-electron chi connectivity index (χ1n) is 15.1. The van der Waals surface area contributed by atoms with Gasteiger partial charge in [-0.2, -0.15) is 13.2 Å². The molecule has 4 rings (SSSR count). The normalized spacial score (nSPS) is 24.2. The van der Waals surface area contributed by atoms with Gasteiger partial charge in [0, 0.05) is 24.3 Å². The summed E-state index contributed by atoms with van der Waals surface area (Å²) in [5, 5.41) is 0. The van der Waals surface area contributed by atoms with Crippen molar-refractivity contribution >= 4 is 11.9 Å². The highest BCUT2D eigenvalue weighted by Crippen LogP contribution is 2.52. The molecule has 2 aliphatic heterocycles. The first-order chi connectivity index (χ1) is 20.7. The molecular weight excluding hydrogens is 577 g/mol. The van der Waals surface area contributed by atoms with E-state index in [1.54, 1.807) is 11.8 Å². The van der Waals surface area contributed by atoms with Gasteiger partial charge in [0.05, 0.1) is 50.6 Å². The second-order valence-electron chi connectivity index (χ2n) is 12.8. The SMILES string of the molecule is CCOC(=O)[C@@H]1[C@@H](C(C)(C)C)[C@H](OCc2cc(C(F)(F)F)cnc2OC)[C@H](c2ccccc2C(C)C)N1C(=O)[C@@H]1CCOC1. The van der Waals surface area contributed by atoms with Gasteiger partial charge in [-0.05, 0) is 41.9 Å². The summed E-state index contributed by atoms with van der Waals surface area (Å²) in [4.78, 5) is 33.8. The number of carbonyl (C=O) groups is 2. The van der Waals surface area contributed by atoms with Crippen LogP contribution in [0.5, 0.6) is 5.88 Å². The molecule has 3 heterocycles. The molecule has 0 spiro atoms. The summed E-state index contributed by atoms with van der Waals surface area (Å²) < 4.78 is 64.0. The van der Waals surface area contributed by atoms with Crippen molar-refractivity contribution in [1.29, 1.82) is 0 Å². The number of amides is 1. The van der Waals surface area contributed by atoms with E-state index in [9.17, 15) is 22.8 Å². The zero-order valence-electron chi connectivity index (χ0n) is 26.4. The number of ether oxygens (including phenoxy) is 4. The van der Waals surface area contributed by atoms with Crippen LogP contribution < -0.4 is 4.74 Å². The molecule has 0 aliphatic carbocycles. The quantitative estimate of drug-likeness (QED) is 0.303. The minimum Gasteiger partial charge on any atom is -0.481 e. The molecule has 2 fully saturated rings. The van der Waals surface area contributed by atoms with Crippen molar-refractivity contribution in [2.45, 2.75) is 84.9 Å². The molecule has 2 saturated heterocycles. The number of hydrogen-bond donors (Lipinski definition) is 0. The average Bonchev–Trinajstić information content (AvgIpc) is 3.62. The van der Waals surface area contributed by atoms with Crippen molar-refractivity contribution < 1.29 is 41.7 Å². The lowest BCUT2D eigenvalue weighted by molar-refractivity contribution is -0.158. The Kier molecular flexibility index (Phi) is 10.3. The predicted molar refractivity (Wildman–Crippen MR) is 157 cm³/mol. The second kappa shape index (κ2) is 13.4. The van der Waals surface area contributed by atoms with Crippen LogP contribution in [0.2, 0.25) is 0 Å². The first-order valence-corrected chi connectivity index (χ1v) is 15.1. The number of esters is 1. The van der Waals surface area contributed by atoms with Gasteiger partial charge in [-0.25, -0.2) is 9.78 Å². The van der Waals surface area contributed by atoms with Crippen LogP contribution in [0.3, 0.4) is 0 Å². The van der Waals surface area contributed by atoms with E-state index in [2.05, 4.69) is 4.98 Å². The third-order valence-corrected chi connectivity index (χ3v) is 8.48. The Hall–Kier alpha value is -3.18. The Labute approximate surface area is 257 Å². The number of benzene rings is 1. The number of rotatable bonds is 9. The van der Waals surface area contributed by atoms with Crippen LogP contribution in [0.15, 0.2) is 36.5 Å². The van der Waals surface area contributed by atoms with Gasteiger partial charge in [0.1, 0.15) is 6.04 Å². The number of methoxy groups -OCH3 is 1. The van der Waals surface area contributed by atoms with Gasteiger partial charge < -0.3 is 23.8 Å². The first kappa shape index (κ1) is 33.7. The number of carbonyl (C=O) groups excluding carboxylic acids is 2. The zero-order chi connectivity index (χ0) is 32.4. The van der Waals surface area contributed by atoms with Gasteiger partial charge in [0.15, 0.2) is 0 Å². The van der Waals surface area contributed by atoms with E-state index in [0.29, 0.717) is 13.0 Å².